The van der Waals surface area contributed by atoms with Crippen molar-refractivity contribution in [3.05, 3.63) is 23.4 Å². The first-order chi connectivity index (χ1) is 6.27. The lowest BCUT2D eigenvalue weighted by Gasteiger charge is -2.20. The fourth-order valence-electron chi connectivity index (χ4n) is 1.26. The minimum absolute atomic E-state index is 0.691. The molecule has 1 heterocycles. The highest BCUT2D eigenvalue weighted by molar-refractivity contribution is 6.30. The minimum Gasteiger partial charge on any atom is -0.357 e. The second-order valence-corrected chi connectivity index (χ2v) is 3.35. The fraction of sp³-hybridized carbons (Fsp3) is 0.500. The van der Waals surface area contributed by atoms with Gasteiger partial charge in [0.05, 0.1) is 5.02 Å². The molecule has 0 radical (unpaired) electrons. The second-order valence-electron chi connectivity index (χ2n) is 2.91. The summed E-state index contributed by atoms with van der Waals surface area (Å²) in [6.07, 6.45) is 2.83. The topological polar surface area (TPSA) is 16.1 Å². The van der Waals surface area contributed by atoms with Crippen molar-refractivity contribution in [3.8, 4) is 0 Å². The number of nitrogens with zero attached hydrogens (tertiary/aromatic N) is 2. The van der Waals surface area contributed by atoms with E-state index in [1.54, 1.807) is 6.20 Å². The predicted molar refractivity (Wildman–Crippen MR) is 57.4 cm³/mol. The summed E-state index contributed by atoms with van der Waals surface area (Å²) in [7, 11) is 0. The van der Waals surface area contributed by atoms with Gasteiger partial charge in [0, 0.05) is 19.3 Å². The summed E-state index contributed by atoms with van der Waals surface area (Å²) in [5.74, 6) is 1.01. The molecule has 0 aliphatic rings. The van der Waals surface area contributed by atoms with Gasteiger partial charge in [-0.2, -0.15) is 0 Å². The van der Waals surface area contributed by atoms with E-state index in [4.69, 9.17) is 11.6 Å². The number of hydrogen-bond acceptors (Lipinski definition) is 2. The highest BCUT2D eigenvalue weighted by Gasteiger charge is 2.02. The Hall–Kier alpha value is -0.760. The van der Waals surface area contributed by atoms with Gasteiger partial charge in [0.1, 0.15) is 5.82 Å². The Labute approximate surface area is 84.5 Å². The maximum atomic E-state index is 5.76. The number of pyridine rings is 1. The Bertz CT molecular complexity index is 246. The highest BCUT2D eigenvalue weighted by atomic mass is 35.5. The molecule has 1 rings (SSSR count). The molecule has 13 heavy (non-hydrogen) atoms. The zero-order valence-electron chi connectivity index (χ0n) is 8.13. The van der Waals surface area contributed by atoms with Gasteiger partial charge in [-0.3, -0.25) is 0 Å². The van der Waals surface area contributed by atoms with E-state index >= 15 is 0 Å². The maximum absolute atomic E-state index is 5.76. The molecule has 0 bridgehead atoms. The van der Waals surface area contributed by atoms with E-state index in [0.29, 0.717) is 5.02 Å². The van der Waals surface area contributed by atoms with E-state index in [1.807, 2.05) is 12.1 Å². The summed E-state index contributed by atoms with van der Waals surface area (Å²) in [4.78, 5) is 6.49. The van der Waals surface area contributed by atoms with Crippen molar-refractivity contribution in [2.24, 2.45) is 0 Å². The van der Waals surface area contributed by atoms with Crippen LogP contribution < -0.4 is 4.90 Å². The van der Waals surface area contributed by atoms with Gasteiger partial charge >= 0.3 is 0 Å². The molecule has 0 fully saturated rings. The molecule has 2 nitrogen and oxygen atoms in total. The first-order valence-corrected chi connectivity index (χ1v) is 5.02. The molecular weight excluding hydrogens is 184 g/mol. The zero-order valence-corrected chi connectivity index (χ0v) is 8.88. The number of hydrogen-bond donors (Lipinski definition) is 0. The molecule has 1 aromatic heterocycles. The fourth-order valence-corrected chi connectivity index (χ4v) is 1.37. The van der Waals surface area contributed by atoms with Gasteiger partial charge in [0.25, 0.3) is 0 Å². The Kier molecular flexibility index (Phi) is 4.03. The predicted octanol–water partition coefficient (Wildman–Crippen LogP) is 2.97. The van der Waals surface area contributed by atoms with Crippen LogP contribution in [0.2, 0.25) is 5.02 Å². The Morgan fingerprint density at radius 2 is 2.15 bits per heavy atom. The Balaban J connectivity index is 2.73. The maximum Gasteiger partial charge on any atom is 0.128 e. The summed E-state index contributed by atoms with van der Waals surface area (Å²) in [6.45, 7) is 6.33. The van der Waals surface area contributed by atoms with Crippen molar-refractivity contribution < 1.29 is 0 Å². The Morgan fingerprint density at radius 1 is 1.38 bits per heavy atom. The molecule has 0 saturated carbocycles. The van der Waals surface area contributed by atoms with Gasteiger partial charge < -0.3 is 4.90 Å². The average molecular weight is 199 g/mol. The molecule has 0 atom stereocenters. The van der Waals surface area contributed by atoms with Crippen molar-refractivity contribution in [2.45, 2.75) is 20.3 Å². The van der Waals surface area contributed by atoms with Crippen molar-refractivity contribution in [1.29, 1.82) is 0 Å². The molecule has 0 amide bonds. The Morgan fingerprint density at radius 3 is 2.62 bits per heavy atom. The molecule has 72 valence electrons. The third-order valence-electron chi connectivity index (χ3n) is 1.91. The highest BCUT2D eigenvalue weighted by Crippen LogP contribution is 2.13. The van der Waals surface area contributed by atoms with E-state index in [0.717, 1.165) is 25.3 Å². The summed E-state index contributed by atoms with van der Waals surface area (Å²) in [6, 6.07) is 3.84. The van der Waals surface area contributed by atoms with Crippen LogP contribution in [0.3, 0.4) is 0 Å². The second kappa shape index (κ2) is 5.07. The molecule has 1 aromatic rings. The van der Waals surface area contributed by atoms with E-state index in [9.17, 15) is 0 Å². The van der Waals surface area contributed by atoms with Gasteiger partial charge in [-0.05, 0) is 25.5 Å². The van der Waals surface area contributed by atoms with Crippen LogP contribution in [-0.2, 0) is 0 Å². The van der Waals surface area contributed by atoms with Crippen LogP contribution in [0.5, 0.6) is 0 Å². The van der Waals surface area contributed by atoms with Crippen LogP contribution in [0.4, 0.5) is 5.82 Å². The average Bonchev–Trinajstić information content (AvgIpc) is 2.16. The zero-order chi connectivity index (χ0) is 9.68. The molecular formula is C10H15ClN2. The van der Waals surface area contributed by atoms with Crippen molar-refractivity contribution in [3.63, 3.8) is 0 Å². The van der Waals surface area contributed by atoms with Gasteiger partial charge in [0.15, 0.2) is 0 Å². The van der Waals surface area contributed by atoms with Crippen molar-refractivity contribution in [2.75, 3.05) is 18.0 Å². The quantitative estimate of drug-likeness (QED) is 0.740. The standard InChI is InChI=1S/C10H15ClN2/c1-3-7-13(4-2)10-6-5-9(11)8-12-10/h5-6,8H,3-4,7H2,1-2H3. The largest absolute Gasteiger partial charge is 0.357 e. The molecule has 0 saturated heterocycles. The summed E-state index contributed by atoms with van der Waals surface area (Å²) in [5.41, 5.74) is 0. The first-order valence-electron chi connectivity index (χ1n) is 4.64. The van der Waals surface area contributed by atoms with Crippen LogP contribution in [0.1, 0.15) is 20.3 Å². The van der Waals surface area contributed by atoms with E-state index in [1.165, 1.54) is 0 Å². The van der Waals surface area contributed by atoms with Crippen molar-refractivity contribution in [1.82, 2.24) is 4.98 Å². The molecule has 0 aliphatic carbocycles. The first kappa shape index (κ1) is 10.3. The number of halogens is 1. The third kappa shape index (κ3) is 2.88. The van der Waals surface area contributed by atoms with Crippen molar-refractivity contribution >= 4 is 17.4 Å². The summed E-state index contributed by atoms with van der Waals surface area (Å²) < 4.78 is 0. The molecule has 3 heteroatoms. The molecule has 0 aliphatic heterocycles. The lowest BCUT2D eigenvalue weighted by atomic mass is 10.3. The number of aromatic nitrogens is 1. The van der Waals surface area contributed by atoms with E-state index in [-0.39, 0.29) is 0 Å². The van der Waals surface area contributed by atoms with Gasteiger partial charge in [-0.15, -0.1) is 0 Å². The SMILES string of the molecule is CCCN(CC)c1ccc(Cl)cn1. The van der Waals surface area contributed by atoms with Crippen LogP contribution in [-0.4, -0.2) is 18.1 Å². The summed E-state index contributed by atoms with van der Waals surface area (Å²) >= 11 is 5.76. The summed E-state index contributed by atoms with van der Waals surface area (Å²) in [5, 5.41) is 0.691. The molecule has 0 unspecified atom stereocenters. The molecule has 0 N–H and O–H groups in total. The smallest absolute Gasteiger partial charge is 0.128 e. The monoisotopic (exact) mass is 198 g/mol. The lowest BCUT2D eigenvalue weighted by Crippen LogP contribution is -2.24. The third-order valence-corrected chi connectivity index (χ3v) is 2.13. The molecule has 0 spiro atoms. The minimum atomic E-state index is 0.691. The van der Waals surface area contributed by atoms with Crippen LogP contribution >= 0.6 is 11.6 Å². The number of anilines is 1. The van der Waals surface area contributed by atoms with E-state index in [2.05, 4.69) is 23.7 Å². The molecule has 0 aromatic carbocycles. The lowest BCUT2D eigenvalue weighted by molar-refractivity contribution is 0.779. The van der Waals surface area contributed by atoms with Crippen LogP contribution in [0.25, 0.3) is 0 Å². The van der Waals surface area contributed by atoms with Gasteiger partial charge in [-0.1, -0.05) is 18.5 Å². The number of rotatable bonds is 4. The van der Waals surface area contributed by atoms with E-state index < -0.39 is 0 Å². The normalized spacial score (nSPS) is 10.1. The van der Waals surface area contributed by atoms with Crippen LogP contribution in [0, 0.1) is 0 Å². The van der Waals surface area contributed by atoms with Gasteiger partial charge in [0.2, 0.25) is 0 Å². The van der Waals surface area contributed by atoms with Gasteiger partial charge in [-0.25, -0.2) is 4.98 Å². The van der Waals surface area contributed by atoms with Crippen LogP contribution in [0.15, 0.2) is 18.3 Å².